The van der Waals surface area contributed by atoms with Gasteiger partial charge in [0.15, 0.2) is 0 Å². The molecule has 1 aliphatic carbocycles. The van der Waals surface area contributed by atoms with E-state index in [1.165, 1.54) is 19.3 Å². The first-order chi connectivity index (χ1) is 6.75. The van der Waals surface area contributed by atoms with Crippen LogP contribution in [0.15, 0.2) is 12.3 Å². The van der Waals surface area contributed by atoms with E-state index in [4.69, 9.17) is 0 Å². The Kier molecular flexibility index (Phi) is 2.52. The molecule has 1 aromatic rings. The largest absolute Gasteiger partial charge is 0.363 e. The molecule has 1 saturated carbocycles. The molecule has 2 rings (SSSR count). The Bertz CT molecular complexity index is 307. The molecule has 1 aliphatic rings. The van der Waals surface area contributed by atoms with E-state index in [0.717, 1.165) is 11.8 Å². The van der Waals surface area contributed by atoms with Crippen LogP contribution in [0.3, 0.4) is 0 Å². The van der Waals surface area contributed by atoms with Gasteiger partial charge in [-0.25, -0.2) is 4.98 Å². The van der Waals surface area contributed by atoms with Crippen LogP contribution in [-0.4, -0.2) is 30.1 Å². The Labute approximate surface area is 84.4 Å². The molecule has 14 heavy (non-hydrogen) atoms. The molecular weight excluding hydrogens is 176 g/mol. The van der Waals surface area contributed by atoms with Crippen LogP contribution in [0.2, 0.25) is 0 Å². The third kappa shape index (κ3) is 1.95. The number of rotatable bonds is 3. The quantitative estimate of drug-likeness (QED) is 0.788. The molecule has 1 N–H and O–H groups in total. The minimum absolute atomic E-state index is 0.590. The van der Waals surface area contributed by atoms with Gasteiger partial charge in [0, 0.05) is 26.3 Å². The summed E-state index contributed by atoms with van der Waals surface area (Å²) in [5, 5.41) is 3.32. The highest BCUT2D eigenvalue weighted by atomic mass is 15.2. The van der Waals surface area contributed by atoms with Crippen molar-refractivity contribution in [3.63, 3.8) is 0 Å². The average Bonchev–Trinajstić information content (AvgIpc) is 2.12. The minimum Gasteiger partial charge on any atom is -0.363 e. The lowest BCUT2D eigenvalue weighted by Gasteiger charge is -2.26. The van der Waals surface area contributed by atoms with Crippen molar-refractivity contribution in [2.24, 2.45) is 0 Å². The van der Waals surface area contributed by atoms with E-state index in [9.17, 15) is 0 Å². The van der Waals surface area contributed by atoms with Crippen LogP contribution in [-0.2, 0) is 0 Å². The van der Waals surface area contributed by atoms with Crippen LogP contribution in [0, 0.1) is 0 Å². The van der Waals surface area contributed by atoms with Crippen molar-refractivity contribution in [1.82, 2.24) is 9.97 Å². The van der Waals surface area contributed by atoms with E-state index in [-0.39, 0.29) is 0 Å². The van der Waals surface area contributed by atoms with Crippen molar-refractivity contribution in [2.45, 2.75) is 25.3 Å². The summed E-state index contributed by atoms with van der Waals surface area (Å²) in [6, 6.07) is 2.50. The van der Waals surface area contributed by atoms with E-state index < -0.39 is 0 Å². The highest BCUT2D eigenvalue weighted by Gasteiger charge is 2.17. The second-order valence-electron chi connectivity index (χ2n) is 3.91. The smallest absolute Gasteiger partial charge is 0.224 e. The van der Waals surface area contributed by atoms with Crippen molar-refractivity contribution in [3.8, 4) is 0 Å². The maximum Gasteiger partial charge on any atom is 0.224 e. The summed E-state index contributed by atoms with van der Waals surface area (Å²) in [5.41, 5.74) is 0. The number of hydrogen-bond donors (Lipinski definition) is 1. The van der Waals surface area contributed by atoms with Crippen LogP contribution >= 0.6 is 0 Å². The van der Waals surface area contributed by atoms with Gasteiger partial charge < -0.3 is 10.2 Å². The third-order valence-electron chi connectivity index (χ3n) is 2.54. The third-order valence-corrected chi connectivity index (χ3v) is 2.54. The summed E-state index contributed by atoms with van der Waals surface area (Å²) >= 11 is 0. The summed E-state index contributed by atoms with van der Waals surface area (Å²) < 4.78 is 0. The molecule has 0 aliphatic heterocycles. The van der Waals surface area contributed by atoms with E-state index in [1.54, 1.807) is 6.20 Å². The SMILES string of the molecule is CN(C)c1ccnc(NC2CCC2)n1. The number of nitrogens with zero attached hydrogens (tertiary/aromatic N) is 3. The molecule has 0 radical (unpaired) electrons. The van der Waals surface area contributed by atoms with Gasteiger partial charge in [-0.05, 0) is 25.3 Å². The molecule has 1 fully saturated rings. The summed E-state index contributed by atoms with van der Waals surface area (Å²) in [5.74, 6) is 1.70. The Morgan fingerprint density at radius 1 is 1.43 bits per heavy atom. The molecule has 0 amide bonds. The first-order valence-corrected chi connectivity index (χ1v) is 5.02. The second kappa shape index (κ2) is 3.82. The van der Waals surface area contributed by atoms with Gasteiger partial charge in [-0.2, -0.15) is 4.98 Å². The van der Waals surface area contributed by atoms with Gasteiger partial charge in [-0.3, -0.25) is 0 Å². The summed E-state index contributed by atoms with van der Waals surface area (Å²) in [7, 11) is 3.96. The monoisotopic (exact) mass is 192 g/mol. The number of anilines is 2. The fourth-order valence-corrected chi connectivity index (χ4v) is 1.40. The lowest BCUT2D eigenvalue weighted by atomic mass is 9.93. The molecule has 4 heteroatoms. The molecule has 0 bridgehead atoms. The molecule has 76 valence electrons. The average molecular weight is 192 g/mol. The van der Waals surface area contributed by atoms with Crippen LogP contribution in [0.5, 0.6) is 0 Å². The van der Waals surface area contributed by atoms with Gasteiger partial charge in [0.2, 0.25) is 5.95 Å². The zero-order chi connectivity index (χ0) is 9.97. The van der Waals surface area contributed by atoms with Gasteiger partial charge >= 0.3 is 0 Å². The fraction of sp³-hybridized carbons (Fsp3) is 0.600. The molecule has 1 heterocycles. The maximum atomic E-state index is 4.40. The Balaban J connectivity index is 2.05. The lowest BCUT2D eigenvalue weighted by Crippen LogP contribution is -2.28. The van der Waals surface area contributed by atoms with Crippen molar-refractivity contribution < 1.29 is 0 Å². The summed E-state index contributed by atoms with van der Waals surface area (Å²) in [6.45, 7) is 0. The van der Waals surface area contributed by atoms with E-state index in [0.29, 0.717) is 6.04 Å². The molecule has 0 aromatic carbocycles. The lowest BCUT2D eigenvalue weighted by molar-refractivity contribution is 0.443. The number of nitrogens with one attached hydrogen (secondary N) is 1. The van der Waals surface area contributed by atoms with Gasteiger partial charge in [-0.15, -0.1) is 0 Å². The molecule has 0 spiro atoms. The van der Waals surface area contributed by atoms with Gasteiger partial charge in [-0.1, -0.05) is 0 Å². The summed E-state index contributed by atoms with van der Waals surface area (Å²) in [6.07, 6.45) is 5.61. The Morgan fingerprint density at radius 3 is 2.79 bits per heavy atom. The van der Waals surface area contributed by atoms with Crippen LogP contribution in [0.4, 0.5) is 11.8 Å². The standard InChI is InChI=1S/C10H16N4/c1-14(2)9-6-7-11-10(13-9)12-8-4-3-5-8/h6-8H,3-5H2,1-2H3,(H,11,12,13). The maximum absolute atomic E-state index is 4.40. The normalized spacial score (nSPS) is 16.1. The van der Waals surface area contributed by atoms with Crippen molar-refractivity contribution in [1.29, 1.82) is 0 Å². The highest BCUT2D eigenvalue weighted by Crippen LogP contribution is 2.21. The number of hydrogen-bond acceptors (Lipinski definition) is 4. The predicted molar refractivity (Wildman–Crippen MR) is 57.6 cm³/mol. The van der Waals surface area contributed by atoms with Gasteiger partial charge in [0.05, 0.1) is 0 Å². The Hall–Kier alpha value is -1.32. The van der Waals surface area contributed by atoms with Gasteiger partial charge in [0.1, 0.15) is 5.82 Å². The Morgan fingerprint density at radius 2 is 2.21 bits per heavy atom. The van der Waals surface area contributed by atoms with Crippen molar-refractivity contribution in [2.75, 3.05) is 24.3 Å². The zero-order valence-corrected chi connectivity index (χ0v) is 8.70. The minimum atomic E-state index is 0.590. The van der Waals surface area contributed by atoms with Crippen molar-refractivity contribution in [3.05, 3.63) is 12.3 Å². The molecule has 0 unspecified atom stereocenters. The van der Waals surface area contributed by atoms with Crippen LogP contribution in [0.1, 0.15) is 19.3 Å². The van der Waals surface area contributed by atoms with E-state index >= 15 is 0 Å². The van der Waals surface area contributed by atoms with Crippen LogP contribution in [0.25, 0.3) is 0 Å². The van der Waals surface area contributed by atoms with Gasteiger partial charge in [0.25, 0.3) is 0 Å². The molecule has 0 saturated heterocycles. The molecular formula is C10H16N4. The topological polar surface area (TPSA) is 41.1 Å². The first kappa shape index (κ1) is 9.24. The fourth-order valence-electron chi connectivity index (χ4n) is 1.40. The van der Waals surface area contributed by atoms with E-state index in [1.807, 2.05) is 25.1 Å². The van der Waals surface area contributed by atoms with Crippen LogP contribution < -0.4 is 10.2 Å². The molecule has 1 aromatic heterocycles. The summed E-state index contributed by atoms with van der Waals surface area (Å²) in [4.78, 5) is 10.6. The predicted octanol–water partition coefficient (Wildman–Crippen LogP) is 1.51. The first-order valence-electron chi connectivity index (χ1n) is 5.02. The molecule has 4 nitrogen and oxygen atoms in total. The second-order valence-corrected chi connectivity index (χ2v) is 3.91. The molecule has 0 atom stereocenters. The van der Waals surface area contributed by atoms with Crippen molar-refractivity contribution >= 4 is 11.8 Å². The highest BCUT2D eigenvalue weighted by molar-refractivity contribution is 5.41. The van der Waals surface area contributed by atoms with E-state index in [2.05, 4.69) is 15.3 Å². The zero-order valence-electron chi connectivity index (χ0n) is 8.70. The number of aromatic nitrogens is 2.